The van der Waals surface area contributed by atoms with E-state index >= 15 is 0 Å². The van der Waals surface area contributed by atoms with Gasteiger partial charge in [-0.25, -0.2) is 5.43 Å². The van der Waals surface area contributed by atoms with Crippen LogP contribution < -0.4 is 10.3 Å². The maximum Gasteiger partial charge on any atom is 0.270 e. The lowest BCUT2D eigenvalue weighted by Gasteiger charge is -2.35. The van der Waals surface area contributed by atoms with Crippen LogP contribution in [-0.4, -0.2) is 73.5 Å². The van der Waals surface area contributed by atoms with Gasteiger partial charge in [0.25, 0.3) is 11.8 Å². The van der Waals surface area contributed by atoms with E-state index in [9.17, 15) is 14.4 Å². The first-order chi connectivity index (χ1) is 12.5. The molecule has 26 heavy (non-hydrogen) atoms. The highest BCUT2D eigenvalue weighted by Gasteiger charge is 2.28. The van der Waals surface area contributed by atoms with Gasteiger partial charge in [0.2, 0.25) is 5.91 Å². The van der Waals surface area contributed by atoms with Crippen molar-refractivity contribution in [3.05, 3.63) is 29.8 Å². The average molecular weight is 357 g/mol. The molecule has 138 valence electrons. The zero-order chi connectivity index (χ0) is 18.7. The van der Waals surface area contributed by atoms with Crippen molar-refractivity contribution in [2.45, 2.75) is 12.8 Å². The fourth-order valence-electron chi connectivity index (χ4n) is 3.02. The Balaban J connectivity index is 1.60. The standard InChI is InChI=1S/C18H23N5O3/c1-21(2)14-5-3-4-13(12-14)17(25)22-8-10-23(11-9-22)18(26)15-6-7-16(24)20-19-15/h3-5,12H,6-11H2,1-2H3,(H,20,24). The van der Waals surface area contributed by atoms with Gasteiger partial charge < -0.3 is 14.7 Å². The summed E-state index contributed by atoms with van der Waals surface area (Å²) in [7, 11) is 3.87. The van der Waals surface area contributed by atoms with Crippen LogP contribution in [0.15, 0.2) is 29.4 Å². The molecule has 0 spiro atoms. The molecule has 0 saturated carbocycles. The molecule has 0 aromatic heterocycles. The number of nitrogens with one attached hydrogen (secondary N) is 1. The molecular weight excluding hydrogens is 334 g/mol. The average Bonchev–Trinajstić information content (AvgIpc) is 2.67. The zero-order valence-electron chi connectivity index (χ0n) is 15.1. The summed E-state index contributed by atoms with van der Waals surface area (Å²) in [6, 6.07) is 7.51. The summed E-state index contributed by atoms with van der Waals surface area (Å²) < 4.78 is 0. The lowest BCUT2D eigenvalue weighted by molar-refractivity contribution is -0.126. The largest absolute Gasteiger partial charge is 0.378 e. The van der Waals surface area contributed by atoms with Crippen LogP contribution in [0.1, 0.15) is 23.2 Å². The second-order valence-corrected chi connectivity index (χ2v) is 6.62. The number of benzene rings is 1. The molecule has 1 fully saturated rings. The van der Waals surface area contributed by atoms with Crippen molar-refractivity contribution in [3.8, 4) is 0 Å². The molecule has 1 aromatic rings. The molecule has 2 aliphatic heterocycles. The van der Waals surface area contributed by atoms with E-state index < -0.39 is 0 Å². The molecule has 0 aliphatic carbocycles. The molecule has 3 amide bonds. The minimum absolute atomic E-state index is 0.0249. The highest BCUT2D eigenvalue weighted by molar-refractivity contribution is 6.39. The number of nitrogens with zero attached hydrogens (tertiary/aromatic N) is 4. The van der Waals surface area contributed by atoms with Crippen LogP contribution in [0.4, 0.5) is 5.69 Å². The third-order valence-electron chi connectivity index (χ3n) is 4.61. The maximum atomic E-state index is 12.7. The van der Waals surface area contributed by atoms with Gasteiger partial charge in [-0.1, -0.05) is 6.07 Å². The van der Waals surface area contributed by atoms with Crippen LogP contribution in [0.2, 0.25) is 0 Å². The first kappa shape index (κ1) is 17.9. The van der Waals surface area contributed by atoms with E-state index in [-0.39, 0.29) is 24.1 Å². The summed E-state index contributed by atoms with van der Waals surface area (Å²) >= 11 is 0. The van der Waals surface area contributed by atoms with E-state index in [1.165, 1.54) is 0 Å². The number of hydrogen-bond acceptors (Lipinski definition) is 5. The van der Waals surface area contributed by atoms with Gasteiger partial charge in [0, 0.05) is 64.4 Å². The molecule has 0 atom stereocenters. The number of carbonyl (C=O) groups is 3. The van der Waals surface area contributed by atoms with E-state index in [0.29, 0.717) is 43.9 Å². The summed E-state index contributed by atoms with van der Waals surface area (Å²) in [5.74, 6) is -0.355. The lowest BCUT2D eigenvalue weighted by atomic mass is 10.1. The van der Waals surface area contributed by atoms with Crippen molar-refractivity contribution < 1.29 is 14.4 Å². The number of hydrazone groups is 1. The molecule has 1 N–H and O–H groups in total. The van der Waals surface area contributed by atoms with E-state index in [2.05, 4.69) is 10.5 Å². The van der Waals surface area contributed by atoms with Crippen molar-refractivity contribution in [3.63, 3.8) is 0 Å². The first-order valence-corrected chi connectivity index (χ1v) is 8.67. The van der Waals surface area contributed by atoms with Gasteiger partial charge in [-0.3, -0.25) is 14.4 Å². The van der Waals surface area contributed by atoms with Crippen LogP contribution in [0.3, 0.4) is 0 Å². The molecule has 3 rings (SSSR count). The Morgan fingerprint density at radius 1 is 1.04 bits per heavy atom. The van der Waals surface area contributed by atoms with Crippen molar-refractivity contribution in [2.24, 2.45) is 5.10 Å². The van der Waals surface area contributed by atoms with Crippen molar-refractivity contribution in [1.82, 2.24) is 15.2 Å². The number of anilines is 1. The molecule has 2 heterocycles. The highest BCUT2D eigenvalue weighted by atomic mass is 16.2. The third-order valence-corrected chi connectivity index (χ3v) is 4.61. The van der Waals surface area contributed by atoms with Crippen LogP contribution >= 0.6 is 0 Å². The van der Waals surface area contributed by atoms with Crippen LogP contribution in [0.25, 0.3) is 0 Å². The van der Waals surface area contributed by atoms with Crippen LogP contribution in [0.5, 0.6) is 0 Å². The molecule has 0 radical (unpaired) electrons. The summed E-state index contributed by atoms with van der Waals surface area (Å²) in [6.45, 7) is 1.89. The van der Waals surface area contributed by atoms with Gasteiger partial charge in [-0.15, -0.1) is 0 Å². The minimum atomic E-state index is -0.170. The van der Waals surface area contributed by atoms with Crippen molar-refractivity contribution in [2.75, 3.05) is 45.2 Å². The predicted octanol–water partition coefficient (Wildman–Crippen LogP) is 0.303. The number of piperazine rings is 1. The monoisotopic (exact) mass is 357 g/mol. The topological polar surface area (TPSA) is 85.3 Å². The lowest BCUT2D eigenvalue weighted by Crippen LogP contribution is -2.52. The summed E-state index contributed by atoms with van der Waals surface area (Å²) in [6.07, 6.45) is 0.645. The van der Waals surface area contributed by atoms with Gasteiger partial charge in [0.15, 0.2) is 0 Å². The normalized spacial score (nSPS) is 17.5. The Labute approximate surface area is 152 Å². The molecule has 0 bridgehead atoms. The Kier molecular flexibility index (Phi) is 5.20. The van der Waals surface area contributed by atoms with Gasteiger partial charge >= 0.3 is 0 Å². The third kappa shape index (κ3) is 3.84. The predicted molar refractivity (Wildman–Crippen MR) is 98.1 cm³/mol. The molecule has 1 aromatic carbocycles. The Hall–Kier alpha value is -2.90. The van der Waals surface area contributed by atoms with Gasteiger partial charge in [-0.2, -0.15) is 5.10 Å². The highest BCUT2D eigenvalue weighted by Crippen LogP contribution is 2.16. The zero-order valence-corrected chi connectivity index (χ0v) is 15.1. The summed E-state index contributed by atoms with van der Waals surface area (Å²) in [5, 5.41) is 3.85. The Bertz CT molecular complexity index is 751. The number of amides is 3. The Morgan fingerprint density at radius 3 is 2.27 bits per heavy atom. The molecule has 8 heteroatoms. The molecule has 8 nitrogen and oxygen atoms in total. The fourth-order valence-corrected chi connectivity index (χ4v) is 3.02. The number of hydrogen-bond donors (Lipinski definition) is 1. The van der Waals surface area contributed by atoms with Gasteiger partial charge in [-0.05, 0) is 18.2 Å². The fraction of sp³-hybridized carbons (Fsp3) is 0.444. The van der Waals surface area contributed by atoms with Gasteiger partial charge in [0.05, 0.1) is 0 Å². The molecular formula is C18H23N5O3. The van der Waals surface area contributed by atoms with Crippen molar-refractivity contribution in [1.29, 1.82) is 0 Å². The molecule has 2 aliphatic rings. The van der Waals surface area contributed by atoms with E-state index in [1.807, 2.05) is 43.3 Å². The number of rotatable bonds is 3. The smallest absolute Gasteiger partial charge is 0.270 e. The van der Waals surface area contributed by atoms with E-state index in [0.717, 1.165) is 5.69 Å². The van der Waals surface area contributed by atoms with Crippen LogP contribution in [0, 0.1) is 0 Å². The Morgan fingerprint density at radius 2 is 1.69 bits per heavy atom. The second kappa shape index (κ2) is 7.55. The first-order valence-electron chi connectivity index (χ1n) is 8.67. The summed E-state index contributed by atoms with van der Waals surface area (Å²) in [5.41, 5.74) is 4.35. The van der Waals surface area contributed by atoms with Crippen molar-refractivity contribution >= 4 is 29.1 Å². The molecule has 1 saturated heterocycles. The van der Waals surface area contributed by atoms with Crippen LogP contribution in [-0.2, 0) is 9.59 Å². The second-order valence-electron chi connectivity index (χ2n) is 6.62. The number of carbonyl (C=O) groups excluding carboxylic acids is 3. The van der Waals surface area contributed by atoms with E-state index in [1.54, 1.807) is 9.80 Å². The molecule has 0 unspecified atom stereocenters. The SMILES string of the molecule is CN(C)c1cccc(C(=O)N2CCN(C(=O)C3=NNC(=O)CC3)CC2)c1. The van der Waals surface area contributed by atoms with Gasteiger partial charge in [0.1, 0.15) is 5.71 Å². The van der Waals surface area contributed by atoms with E-state index in [4.69, 9.17) is 0 Å². The summed E-state index contributed by atoms with van der Waals surface area (Å²) in [4.78, 5) is 41.7. The quantitative estimate of drug-likeness (QED) is 0.843. The maximum absolute atomic E-state index is 12.7. The minimum Gasteiger partial charge on any atom is -0.378 e.